The molecule has 5 nitrogen and oxygen atoms in total. The van der Waals surface area contributed by atoms with Crippen LogP contribution < -0.4 is 5.32 Å². The normalized spacial score (nSPS) is 16.1. The quantitative estimate of drug-likeness (QED) is 0.697. The fraction of sp³-hybridized carbons (Fsp3) is 0.333. The molecule has 0 bridgehead atoms. The molecule has 3 rings (SSSR count). The number of rotatable bonds is 4. The third-order valence-corrected chi connectivity index (χ3v) is 5.50. The minimum atomic E-state index is -4.63. The number of anilines is 1. The minimum Gasteiger partial charge on any atom is -0.336 e. The molecule has 0 radical (unpaired) electrons. The second kappa shape index (κ2) is 9.23. The van der Waals surface area contributed by atoms with E-state index in [1.54, 1.807) is 17.9 Å². The van der Waals surface area contributed by atoms with Gasteiger partial charge < -0.3 is 10.2 Å². The summed E-state index contributed by atoms with van der Waals surface area (Å²) in [6.07, 6.45) is -4.63. The number of alkyl halides is 3. The van der Waals surface area contributed by atoms with Gasteiger partial charge in [0.15, 0.2) is 0 Å². The Hall–Kier alpha value is -2.65. The summed E-state index contributed by atoms with van der Waals surface area (Å²) in [6.45, 7) is 2.95. The van der Waals surface area contributed by atoms with Gasteiger partial charge in [0.2, 0.25) is 5.91 Å². The van der Waals surface area contributed by atoms with Gasteiger partial charge in [0.1, 0.15) is 5.82 Å². The van der Waals surface area contributed by atoms with Gasteiger partial charge in [-0.15, -0.1) is 0 Å². The van der Waals surface area contributed by atoms with Crippen molar-refractivity contribution in [2.75, 3.05) is 31.5 Å². The molecule has 1 saturated heterocycles. The molecule has 0 aliphatic carbocycles. The van der Waals surface area contributed by atoms with E-state index in [9.17, 15) is 27.2 Å². The van der Waals surface area contributed by atoms with Crippen LogP contribution in [0.25, 0.3) is 0 Å². The zero-order valence-electron chi connectivity index (χ0n) is 16.5. The van der Waals surface area contributed by atoms with Gasteiger partial charge in [-0.2, -0.15) is 13.2 Å². The summed E-state index contributed by atoms with van der Waals surface area (Å²) in [5, 5.41) is 2.03. The highest BCUT2D eigenvalue weighted by Crippen LogP contribution is 2.36. The van der Waals surface area contributed by atoms with Crippen molar-refractivity contribution in [2.45, 2.75) is 19.1 Å². The van der Waals surface area contributed by atoms with E-state index in [4.69, 9.17) is 11.6 Å². The largest absolute Gasteiger partial charge is 0.417 e. The predicted molar refractivity (Wildman–Crippen MR) is 108 cm³/mol. The highest BCUT2D eigenvalue weighted by molar-refractivity contribution is 6.31. The molecule has 1 fully saturated rings. The van der Waals surface area contributed by atoms with E-state index in [0.717, 1.165) is 12.1 Å². The molecule has 2 amide bonds. The standard InChI is InChI=1S/C21H20ClF4N3O2/c1-13(19(30)27-14-6-7-17(22)16(12-14)21(24,25)26)28-8-10-29(11-9-28)20(31)15-4-2-3-5-18(15)23/h2-7,12-13H,8-11H2,1H3,(H,27,30). The van der Waals surface area contributed by atoms with Gasteiger partial charge >= 0.3 is 6.18 Å². The first kappa shape index (κ1) is 23.0. The third-order valence-electron chi connectivity index (χ3n) is 5.17. The number of carbonyl (C=O) groups is 2. The van der Waals surface area contributed by atoms with Crippen molar-refractivity contribution in [3.63, 3.8) is 0 Å². The van der Waals surface area contributed by atoms with Crippen LogP contribution in [0.1, 0.15) is 22.8 Å². The van der Waals surface area contributed by atoms with Crippen LogP contribution in [0, 0.1) is 5.82 Å². The Labute approximate surface area is 181 Å². The number of nitrogens with one attached hydrogen (secondary N) is 1. The van der Waals surface area contributed by atoms with E-state index in [1.165, 1.54) is 29.2 Å². The molecular weight excluding hydrogens is 438 g/mol. The molecule has 0 saturated carbocycles. The zero-order valence-corrected chi connectivity index (χ0v) is 17.3. The average molecular weight is 458 g/mol. The first-order valence-electron chi connectivity index (χ1n) is 9.53. The van der Waals surface area contributed by atoms with E-state index in [-0.39, 0.29) is 11.3 Å². The van der Waals surface area contributed by atoms with Crippen LogP contribution in [0.2, 0.25) is 5.02 Å². The summed E-state index contributed by atoms with van der Waals surface area (Å²) >= 11 is 5.60. The summed E-state index contributed by atoms with van der Waals surface area (Å²) in [5.74, 6) is -1.50. The van der Waals surface area contributed by atoms with Crippen LogP contribution in [0.3, 0.4) is 0 Å². The van der Waals surface area contributed by atoms with Crippen molar-refractivity contribution in [1.29, 1.82) is 0 Å². The van der Waals surface area contributed by atoms with Crippen LogP contribution in [-0.4, -0.2) is 53.8 Å². The molecule has 1 atom stereocenters. The molecule has 31 heavy (non-hydrogen) atoms. The maximum atomic E-state index is 13.9. The van der Waals surface area contributed by atoms with Gasteiger partial charge in [0, 0.05) is 31.9 Å². The first-order chi connectivity index (χ1) is 14.6. The number of halogens is 5. The van der Waals surface area contributed by atoms with E-state index < -0.39 is 40.4 Å². The second-order valence-electron chi connectivity index (χ2n) is 7.17. The van der Waals surface area contributed by atoms with Crippen LogP contribution in [0.15, 0.2) is 42.5 Å². The average Bonchev–Trinajstić information content (AvgIpc) is 2.73. The molecule has 1 aliphatic heterocycles. The summed E-state index contributed by atoms with van der Waals surface area (Å²) in [6, 6.07) is 8.25. The van der Waals surface area contributed by atoms with Gasteiger partial charge in [-0.25, -0.2) is 4.39 Å². The summed E-state index contributed by atoms with van der Waals surface area (Å²) in [7, 11) is 0. The van der Waals surface area contributed by atoms with Crippen molar-refractivity contribution >= 4 is 29.1 Å². The Bertz CT molecular complexity index is 975. The summed E-state index contributed by atoms with van der Waals surface area (Å²) in [5.41, 5.74) is -1.05. The smallest absolute Gasteiger partial charge is 0.336 e. The highest BCUT2D eigenvalue weighted by Gasteiger charge is 2.34. The van der Waals surface area contributed by atoms with Crippen LogP contribution in [-0.2, 0) is 11.0 Å². The van der Waals surface area contributed by atoms with Crippen molar-refractivity contribution < 1.29 is 27.2 Å². The Kier molecular flexibility index (Phi) is 6.86. The third kappa shape index (κ3) is 5.34. The molecule has 1 heterocycles. The van der Waals surface area contributed by atoms with E-state index in [0.29, 0.717) is 26.2 Å². The fourth-order valence-corrected chi connectivity index (χ4v) is 3.57. The SMILES string of the molecule is CC(C(=O)Nc1ccc(Cl)c(C(F)(F)F)c1)N1CCN(C(=O)c2ccccc2F)CC1. The number of piperazine rings is 1. The van der Waals surface area contributed by atoms with Gasteiger partial charge in [-0.1, -0.05) is 23.7 Å². The molecular formula is C21H20ClF4N3O2. The van der Waals surface area contributed by atoms with Gasteiger partial charge in [0.05, 0.1) is 22.2 Å². The lowest BCUT2D eigenvalue weighted by molar-refractivity contribution is -0.137. The van der Waals surface area contributed by atoms with Gasteiger partial charge in [0.25, 0.3) is 5.91 Å². The molecule has 2 aromatic rings. The number of benzene rings is 2. The number of amides is 2. The lowest BCUT2D eigenvalue weighted by Gasteiger charge is -2.37. The Morgan fingerprint density at radius 2 is 1.71 bits per heavy atom. The Morgan fingerprint density at radius 1 is 1.06 bits per heavy atom. The number of hydrogen-bond acceptors (Lipinski definition) is 3. The summed E-state index contributed by atoms with van der Waals surface area (Å²) < 4.78 is 52.9. The number of carbonyl (C=O) groups excluding carboxylic acids is 2. The maximum Gasteiger partial charge on any atom is 0.417 e. The Morgan fingerprint density at radius 3 is 2.32 bits per heavy atom. The molecule has 0 aromatic heterocycles. The Balaban J connectivity index is 1.59. The van der Waals surface area contributed by atoms with Crippen molar-refractivity contribution in [3.8, 4) is 0 Å². The van der Waals surface area contributed by atoms with Crippen LogP contribution >= 0.6 is 11.6 Å². The van der Waals surface area contributed by atoms with Crippen LogP contribution in [0.5, 0.6) is 0 Å². The molecule has 1 N–H and O–H groups in total. The fourth-order valence-electron chi connectivity index (χ4n) is 3.35. The number of nitrogens with zero attached hydrogens (tertiary/aromatic N) is 2. The monoisotopic (exact) mass is 457 g/mol. The van der Waals surface area contributed by atoms with E-state index in [1.807, 2.05) is 0 Å². The lowest BCUT2D eigenvalue weighted by Crippen LogP contribution is -2.54. The van der Waals surface area contributed by atoms with Crippen molar-refractivity contribution in [2.24, 2.45) is 0 Å². The van der Waals surface area contributed by atoms with Gasteiger partial charge in [-0.3, -0.25) is 14.5 Å². The van der Waals surface area contributed by atoms with E-state index >= 15 is 0 Å². The van der Waals surface area contributed by atoms with E-state index in [2.05, 4.69) is 5.32 Å². The molecule has 0 spiro atoms. The highest BCUT2D eigenvalue weighted by atomic mass is 35.5. The number of hydrogen-bond donors (Lipinski definition) is 1. The zero-order chi connectivity index (χ0) is 22.8. The topological polar surface area (TPSA) is 52.7 Å². The van der Waals surface area contributed by atoms with Crippen molar-refractivity contribution in [1.82, 2.24) is 9.80 Å². The lowest BCUT2D eigenvalue weighted by atomic mass is 10.1. The molecule has 166 valence electrons. The van der Waals surface area contributed by atoms with Crippen molar-refractivity contribution in [3.05, 3.63) is 64.4 Å². The molecule has 1 aliphatic rings. The second-order valence-corrected chi connectivity index (χ2v) is 7.57. The van der Waals surface area contributed by atoms with Gasteiger partial charge in [-0.05, 0) is 37.3 Å². The minimum absolute atomic E-state index is 0.00931. The first-order valence-corrected chi connectivity index (χ1v) is 9.91. The maximum absolute atomic E-state index is 13.9. The molecule has 2 aromatic carbocycles. The molecule has 10 heteroatoms. The molecule has 1 unspecified atom stereocenters. The summed E-state index contributed by atoms with van der Waals surface area (Å²) in [4.78, 5) is 28.4. The van der Waals surface area contributed by atoms with Crippen LogP contribution in [0.4, 0.5) is 23.2 Å². The predicted octanol–water partition coefficient (Wildman–Crippen LogP) is 4.28.